The molecule has 1 unspecified atom stereocenters. The summed E-state index contributed by atoms with van der Waals surface area (Å²) in [6.45, 7) is 5.50. The number of benzene rings is 1. The number of hydrogen-bond acceptors (Lipinski definition) is 6. The Balaban J connectivity index is 1.88. The summed E-state index contributed by atoms with van der Waals surface area (Å²) in [5.74, 6) is 1.01. The van der Waals surface area contributed by atoms with E-state index in [-0.39, 0.29) is 6.54 Å². The summed E-state index contributed by atoms with van der Waals surface area (Å²) < 4.78 is 40.3. The zero-order valence-electron chi connectivity index (χ0n) is 16.8. The van der Waals surface area contributed by atoms with Crippen molar-refractivity contribution >= 4 is 28.6 Å². The van der Waals surface area contributed by atoms with Gasteiger partial charge in [0.25, 0.3) is 0 Å². The molecule has 3 aromatic rings. The zero-order chi connectivity index (χ0) is 22.5. The number of aromatic nitrogens is 3. The van der Waals surface area contributed by atoms with Gasteiger partial charge in [-0.3, -0.25) is 14.9 Å². The molecule has 0 bridgehead atoms. The molecule has 31 heavy (non-hydrogen) atoms. The summed E-state index contributed by atoms with van der Waals surface area (Å²) in [5.41, 5.74) is 3.32. The van der Waals surface area contributed by atoms with Crippen LogP contribution >= 0.6 is 22.9 Å². The highest BCUT2D eigenvalue weighted by molar-refractivity contribution is 7.15. The lowest BCUT2D eigenvalue weighted by Crippen LogP contribution is -2.43. The van der Waals surface area contributed by atoms with Crippen molar-refractivity contribution in [3.05, 3.63) is 62.5 Å². The van der Waals surface area contributed by atoms with E-state index in [1.165, 1.54) is 0 Å². The van der Waals surface area contributed by atoms with Gasteiger partial charge in [-0.2, -0.15) is 13.2 Å². The molecule has 0 aliphatic carbocycles. The second-order valence-corrected chi connectivity index (χ2v) is 8.90. The van der Waals surface area contributed by atoms with E-state index in [1.807, 2.05) is 30.5 Å². The first-order chi connectivity index (χ1) is 14.6. The molecule has 4 rings (SSSR count). The largest absolute Gasteiger partial charge is 0.427 e. The SMILES string of the molecule is Cc1sc2c(c1C)C(c1ccc(Cl)cc1)=N[C@@H](CNC(O)C(F)(F)F)c1nnc(C)n1-2. The Kier molecular flexibility index (Phi) is 5.67. The summed E-state index contributed by atoms with van der Waals surface area (Å²) in [7, 11) is 0. The maximum Gasteiger partial charge on any atom is 0.427 e. The third-order valence-corrected chi connectivity index (χ3v) is 6.62. The topological polar surface area (TPSA) is 75.3 Å². The van der Waals surface area contributed by atoms with E-state index in [0.717, 1.165) is 26.6 Å². The van der Waals surface area contributed by atoms with Crippen molar-refractivity contribution in [1.82, 2.24) is 20.1 Å². The average Bonchev–Trinajstić information content (AvgIpc) is 3.17. The van der Waals surface area contributed by atoms with Gasteiger partial charge in [0.1, 0.15) is 16.9 Å². The monoisotopic (exact) mass is 469 g/mol. The predicted molar refractivity (Wildman–Crippen MR) is 113 cm³/mol. The molecule has 1 aromatic carbocycles. The van der Waals surface area contributed by atoms with Crippen molar-refractivity contribution < 1.29 is 18.3 Å². The van der Waals surface area contributed by atoms with Gasteiger partial charge in [-0.25, -0.2) is 0 Å². The maximum absolute atomic E-state index is 12.8. The molecule has 2 aromatic heterocycles. The number of thiophene rings is 1. The van der Waals surface area contributed by atoms with Crippen LogP contribution in [-0.4, -0.2) is 44.5 Å². The number of aryl methyl sites for hydroxylation is 2. The molecule has 164 valence electrons. The molecule has 0 fully saturated rings. The third kappa shape index (κ3) is 4.00. The molecule has 6 nitrogen and oxygen atoms in total. The summed E-state index contributed by atoms with van der Waals surface area (Å²) in [6, 6.07) is 6.33. The Morgan fingerprint density at radius 2 is 1.87 bits per heavy atom. The van der Waals surface area contributed by atoms with Crippen LogP contribution in [0.25, 0.3) is 5.00 Å². The van der Waals surface area contributed by atoms with Crippen LogP contribution < -0.4 is 5.32 Å². The molecule has 3 heterocycles. The summed E-state index contributed by atoms with van der Waals surface area (Å²) in [6.07, 6.45) is -7.45. The Morgan fingerprint density at radius 1 is 1.19 bits per heavy atom. The number of hydrogen-bond donors (Lipinski definition) is 2. The van der Waals surface area contributed by atoms with E-state index >= 15 is 0 Å². The first-order valence-corrected chi connectivity index (χ1v) is 10.6. The van der Waals surface area contributed by atoms with E-state index < -0.39 is 18.4 Å². The fraction of sp³-hybridized carbons (Fsp3) is 0.350. The van der Waals surface area contributed by atoms with Crippen molar-refractivity contribution in [1.29, 1.82) is 0 Å². The van der Waals surface area contributed by atoms with Crippen LogP contribution in [0.5, 0.6) is 0 Å². The highest BCUT2D eigenvalue weighted by atomic mass is 35.5. The van der Waals surface area contributed by atoms with Crippen LogP contribution in [0.2, 0.25) is 5.02 Å². The fourth-order valence-corrected chi connectivity index (χ4v) is 4.81. The smallest absolute Gasteiger partial charge is 0.370 e. The number of halogens is 4. The van der Waals surface area contributed by atoms with Crippen LogP contribution in [0.1, 0.15) is 39.3 Å². The van der Waals surface area contributed by atoms with Crippen molar-refractivity contribution in [2.45, 2.75) is 39.2 Å². The quantitative estimate of drug-likeness (QED) is 0.559. The van der Waals surface area contributed by atoms with Gasteiger partial charge in [-0.05, 0) is 38.5 Å². The lowest BCUT2D eigenvalue weighted by Gasteiger charge is -2.19. The molecule has 0 spiro atoms. The lowest BCUT2D eigenvalue weighted by atomic mass is 10.00. The molecule has 0 radical (unpaired) electrons. The average molecular weight is 470 g/mol. The van der Waals surface area contributed by atoms with Crippen LogP contribution in [-0.2, 0) is 0 Å². The van der Waals surface area contributed by atoms with Crippen LogP contribution in [0, 0.1) is 20.8 Å². The van der Waals surface area contributed by atoms with Crippen LogP contribution in [0.4, 0.5) is 13.2 Å². The number of rotatable bonds is 4. The number of nitrogens with zero attached hydrogens (tertiary/aromatic N) is 4. The Hall–Kier alpha value is -2.27. The minimum Gasteiger partial charge on any atom is -0.370 e. The minimum atomic E-state index is -4.79. The molecule has 2 N–H and O–H groups in total. The van der Waals surface area contributed by atoms with Crippen LogP contribution in [0.15, 0.2) is 29.3 Å². The summed E-state index contributed by atoms with van der Waals surface area (Å²) in [4.78, 5) is 5.91. The second kappa shape index (κ2) is 8.01. The highest BCUT2D eigenvalue weighted by Gasteiger charge is 2.39. The molecule has 0 saturated heterocycles. The molecule has 11 heteroatoms. The Bertz CT molecular complexity index is 1150. The van der Waals surface area contributed by atoms with Gasteiger partial charge < -0.3 is 5.11 Å². The normalized spacial score (nSPS) is 17.0. The fourth-order valence-electron chi connectivity index (χ4n) is 3.47. The van der Waals surface area contributed by atoms with E-state index in [4.69, 9.17) is 16.6 Å². The minimum absolute atomic E-state index is 0.275. The molecular formula is C20H19ClF3N5OS. The number of fused-ring (bicyclic) bond motifs is 3. The molecule has 0 saturated carbocycles. The first-order valence-electron chi connectivity index (χ1n) is 9.42. The maximum atomic E-state index is 12.8. The van der Waals surface area contributed by atoms with Crippen molar-refractivity contribution in [2.24, 2.45) is 4.99 Å². The molecule has 0 amide bonds. The van der Waals surface area contributed by atoms with Crippen molar-refractivity contribution in [3.63, 3.8) is 0 Å². The Labute approximate surface area is 185 Å². The molecule has 1 aliphatic heterocycles. The predicted octanol–water partition coefficient (Wildman–Crippen LogP) is 4.27. The van der Waals surface area contributed by atoms with Gasteiger partial charge in [0.05, 0.1) is 5.71 Å². The highest BCUT2D eigenvalue weighted by Crippen LogP contribution is 2.38. The van der Waals surface area contributed by atoms with Gasteiger partial charge in [-0.15, -0.1) is 21.5 Å². The Morgan fingerprint density at radius 3 is 2.52 bits per heavy atom. The molecular weight excluding hydrogens is 451 g/mol. The van der Waals surface area contributed by atoms with Gasteiger partial charge in [0.2, 0.25) is 6.23 Å². The number of aliphatic imine (C=N–C) groups is 1. The van der Waals surface area contributed by atoms with E-state index in [1.54, 1.807) is 30.4 Å². The van der Waals surface area contributed by atoms with E-state index in [0.29, 0.717) is 22.4 Å². The number of aliphatic hydroxyl groups is 1. The van der Waals surface area contributed by atoms with Gasteiger partial charge in [0, 0.05) is 27.6 Å². The molecule has 1 aliphatic rings. The number of alkyl halides is 3. The first kappa shape index (κ1) is 21.9. The van der Waals surface area contributed by atoms with Gasteiger partial charge in [0.15, 0.2) is 5.82 Å². The van der Waals surface area contributed by atoms with Crippen LogP contribution in [0.3, 0.4) is 0 Å². The summed E-state index contributed by atoms with van der Waals surface area (Å²) >= 11 is 7.60. The number of nitrogens with one attached hydrogen (secondary N) is 1. The standard InChI is InChI=1S/C20H19ClF3N5OS/c1-9-10(2)31-18-15(9)16(12-4-6-13(21)7-5-12)26-14(8-25-19(30)20(22,23)24)17-28-27-11(3)29(17)18/h4-7,14,19,25,30H,8H2,1-3H3/t14-,19?/m0/s1. The lowest BCUT2D eigenvalue weighted by molar-refractivity contribution is -0.213. The second-order valence-electron chi connectivity index (χ2n) is 7.26. The molecule has 2 atom stereocenters. The van der Waals surface area contributed by atoms with Gasteiger partial charge >= 0.3 is 6.18 Å². The van der Waals surface area contributed by atoms with Crippen molar-refractivity contribution in [2.75, 3.05) is 6.54 Å². The summed E-state index contributed by atoms with van der Waals surface area (Å²) in [5, 5.41) is 21.3. The number of aliphatic hydroxyl groups excluding tert-OH is 1. The third-order valence-electron chi connectivity index (χ3n) is 5.17. The van der Waals surface area contributed by atoms with E-state index in [9.17, 15) is 18.3 Å². The van der Waals surface area contributed by atoms with E-state index in [2.05, 4.69) is 15.5 Å². The van der Waals surface area contributed by atoms with Gasteiger partial charge in [-0.1, -0.05) is 23.7 Å². The van der Waals surface area contributed by atoms with Crippen molar-refractivity contribution in [3.8, 4) is 5.00 Å². The zero-order valence-corrected chi connectivity index (χ0v) is 18.4.